The second kappa shape index (κ2) is 17.3. The van der Waals surface area contributed by atoms with Crippen molar-refractivity contribution in [3.05, 3.63) is 48.9 Å². The summed E-state index contributed by atoms with van der Waals surface area (Å²) in [6.07, 6.45) is 18.9. The van der Waals surface area contributed by atoms with Crippen molar-refractivity contribution in [2.45, 2.75) is 103 Å². The summed E-state index contributed by atoms with van der Waals surface area (Å²) >= 11 is 0. The molecule has 4 nitrogen and oxygen atoms in total. The van der Waals surface area contributed by atoms with Gasteiger partial charge in [-0.25, -0.2) is 9.97 Å². The van der Waals surface area contributed by atoms with Gasteiger partial charge in [-0.15, -0.1) is 12.3 Å². The first kappa shape index (κ1) is 29.1. The van der Waals surface area contributed by atoms with Gasteiger partial charge in [0.2, 0.25) is 0 Å². The molecule has 0 aliphatic carbocycles. The first-order valence-corrected chi connectivity index (χ1v) is 17.1. The number of rotatable bonds is 20. The summed E-state index contributed by atoms with van der Waals surface area (Å²) < 4.78 is 11.7. The van der Waals surface area contributed by atoms with Crippen molar-refractivity contribution in [3.63, 3.8) is 0 Å². The Morgan fingerprint density at radius 1 is 0.714 bits per heavy atom. The predicted octanol–water partition coefficient (Wildman–Crippen LogP) is 9.04. The van der Waals surface area contributed by atoms with Crippen molar-refractivity contribution >= 4 is 8.07 Å². The number of ether oxygens (including phenoxy) is 2. The lowest BCUT2D eigenvalue weighted by atomic mass is 10.1. The molecule has 0 radical (unpaired) electrons. The van der Waals surface area contributed by atoms with Crippen LogP contribution in [0.25, 0.3) is 11.4 Å². The maximum Gasteiger partial charge on any atom is 0.159 e. The summed E-state index contributed by atoms with van der Waals surface area (Å²) in [5.41, 5.74) is 3.19. The standard InChI is InChI=1S/C30H48N2O2Si/c1-5-7-8-9-10-11-12-15-23-34-29-25-31-30(32-26-29)27-18-20-28(21-19-27)33-22-16-13-14-17-24-35(3,4)6-2/h6,18-21,25-26H,2,5,7-17,22-24H2,1,3-4H3. The zero-order chi connectivity index (χ0) is 25.2. The molecule has 0 spiro atoms. The zero-order valence-corrected chi connectivity index (χ0v) is 23.6. The molecule has 5 heteroatoms. The summed E-state index contributed by atoms with van der Waals surface area (Å²) in [7, 11) is -1.14. The van der Waals surface area contributed by atoms with Gasteiger partial charge in [0.25, 0.3) is 0 Å². The molecular formula is C30H48N2O2Si. The van der Waals surface area contributed by atoms with E-state index in [-0.39, 0.29) is 0 Å². The molecular weight excluding hydrogens is 448 g/mol. The number of unbranched alkanes of at least 4 members (excludes halogenated alkanes) is 10. The summed E-state index contributed by atoms with van der Waals surface area (Å²) in [5, 5.41) is 0. The Kier molecular flexibility index (Phi) is 14.4. The Morgan fingerprint density at radius 3 is 1.80 bits per heavy atom. The highest BCUT2D eigenvalue weighted by Gasteiger charge is 2.14. The van der Waals surface area contributed by atoms with Gasteiger partial charge in [-0.2, -0.15) is 0 Å². The smallest absolute Gasteiger partial charge is 0.159 e. The Labute approximate surface area is 215 Å². The third-order valence-corrected chi connectivity index (χ3v) is 9.29. The van der Waals surface area contributed by atoms with Crippen LogP contribution in [-0.4, -0.2) is 31.3 Å². The van der Waals surface area contributed by atoms with E-state index in [1.165, 1.54) is 70.3 Å². The lowest BCUT2D eigenvalue weighted by molar-refractivity contribution is 0.302. The van der Waals surface area contributed by atoms with Crippen molar-refractivity contribution in [1.82, 2.24) is 9.97 Å². The van der Waals surface area contributed by atoms with Crippen LogP contribution in [-0.2, 0) is 0 Å². The molecule has 0 unspecified atom stereocenters. The molecule has 1 aromatic heterocycles. The van der Waals surface area contributed by atoms with Crippen LogP contribution < -0.4 is 9.47 Å². The van der Waals surface area contributed by atoms with E-state index < -0.39 is 8.07 Å². The minimum Gasteiger partial charge on any atom is -0.494 e. The fraction of sp³-hybridized carbons (Fsp3) is 0.600. The number of aromatic nitrogens is 2. The Hall–Kier alpha value is -2.14. The number of hydrogen-bond acceptors (Lipinski definition) is 4. The van der Waals surface area contributed by atoms with Crippen LogP contribution in [0, 0.1) is 0 Å². The van der Waals surface area contributed by atoms with Crippen molar-refractivity contribution in [3.8, 4) is 22.9 Å². The molecule has 35 heavy (non-hydrogen) atoms. The fourth-order valence-electron chi connectivity index (χ4n) is 3.99. The molecule has 2 rings (SSSR count). The molecule has 0 saturated carbocycles. The predicted molar refractivity (Wildman–Crippen MR) is 152 cm³/mol. The molecule has 0 amide bonds. The highest BCUT2D eigenvalue weighted by atomic mass is 28.3. The van der Waals surface area contributed by atoms with Crippen LogP contribution in [0.15, 0.2) is 48.9 Å². The van der Waals surface area contributed by atoms with Gasteiger partial charge in [0.05, 0.1) is 33.7 Å². The van der Waals surface area contributed by atoms with Gasteiger partial charge in [-0.1, -0.05) is 90.3 Å². The lowest BCUT2D eigenvalue weighted by Gasteiger charge is -2.16. The van der Waals surface area contributed by atoms with Crippen LogP contribution in [0.1, 0.15) is 84.0 Å². The minimum absolute atomic E-state index is 0.710. The molecule has 1 heterocycles. The van der Waals surface area contributed by atoms with Crippen LogP contribution in [0.4, 0.5) is 0 Å². The molecule has 194 valence electrons. The summed E-state index contributed by atoms with van der Waals surface area (Å²) in [6, 6.07) is 9.39. The quantitative estimate of drug-likeness (QED) is 0.135. The van der Waals surface area contributed by atoms with E-state index in [1.54, 1.807) is 12.4 Å². The second-order valence-corrected chi connectivity index (χ2v) is 15.2. The van der Waals surface area contributed by atoms with Gasteiger partial charge < -0.3 is 9.47 Å². The monoisotopic (exact) mass is 496 g/mol. The zero-order valence-electron chi connectivity index (χ0n) is 22.6. The third-order valence-electron chi connectivity index (χ3n) is 6.54. The third kappa shape index (κ3) is 12.9. The SMILES string of the molecule is C=C[Si](C)(C)CCCCCCOc1ccc(-c2ncc(OCCCCCCCCCC)cn2)cc1. The van der Waals surface area contributed by atoms with E-state index in [0.717, 1.165) is 43.1 Å². The maximum atomic E-state index is 5.91. The minimum atomic E-state index is -1.14. The van der Waals surface area contributed by atoms with Crippen molar-refractivity contribution in [1.29, 1.82) is 0 Å². The van der Waals surface area contributed by atoms with E-state index >= 15 is 0 Å². The largest absolute Gasteiger partial charge is 0.494 e. The fourth-order valence-corrected chi connectivity index (χ4v) is 5.36. The van der Waals surface area contributed by atoms with Gasteiger partial charge in [-0.3, -0.25) is 0 Å². The van der Waals surface area contributed by atoms with E-state index in [1.807, 2.05) is 24.3 Å². The molecule has 1 aromatic carbocycles. The maximum absolute atomic E-state index is 5.91. The highest BCUT2D eigenvalue weighted by molar-refractivity contribution is 6.82. The molecule has 0 fully saturated rings. The van der Waals surface area contributed by atoms with E-state index in [0.29, 0.717) is 5.82 Å². The normalized spacial score (nSPS) is 11.4. The molecule has 0 N–H and O–H groups in total. The molecule has 0 bridgehead atoms. The van der Waals surface area contributed by atoms with Gasteiger partial charge in [0.1, 0.15) is 5.75 Å². The van der Waals surface area contributed by atoms with Crippen LogP contribution >= 0.6 is 0 Å². The van der Waals surface area contributed by atoms with Crippen molar-refractivity contribution in [2.75, 3.05) is 13.2 Å². The first-order valence-electron chi connectivity index (χ1n) is 13.9. The number of benzene rings is 1. The molecule has 0 saturated heterocycles. The molecule has 0 atom stereocenters. The molecule has 0 aliphatic heterocycles. The summed E-state index contributed by atoms with van der Waals surface area (Å²) in [5.74, 6) is 2.35. The van der Waals surface area contributed by atoms with E-state index in [9.17, 15) is 0 Å². The van der Waals surface area contributed by atoms with Gasteiger partial charge in [0.15, 0.2) is 11.6 Å². The van der Waals surface area contributed by atoms with Crippen LogP contribution in [0.5, 0.6) is 11.5 Å². The van der Waals surface area contributed by atoms with Gasteiger partial charge in [-0.05, 0) is 37.1 Å². The highest BCUT2D eigenvalue weighted by Crippen LogP contribution is 2.21. The number of hydrogen-bond donors (Lipinski definition) is 0. The van der Waals surface area contributed by atoms with Crippen molar-refractivity contribution < 1.29 is 9.47 Å². The Bertz CT molecular complexity index is 806. The Morgan fingerprint density at radius 2 is 1.23 bits per heavy atom. The van der Waals surface area contributed by atoms with Gasteiger partial charge in [0, 0.05) is 5.56 Å². The van der Waals surface area contributed by atoms with Crippen molar-refractivity contribution in [2.24, 2.45) is 0 Å². The lowest BCUT2D eigenvalue weighted by Crippen LogP contribution is -2.21. The van der Waals surface area contributed by atoms with E-state index in [2.05, 4.69) is 42.3 Å². The topological polar surface area (TPSA) is 44.2 Å². The average molecular weight is 497 g/mol. The van der Waals surface area contributed by atoms with Gasteiger partial charge >= 0.3 is 0 Å². The van der Waals surface area contributed by atoms with Crippen LogP contribution in [0.2, 0.25) is 19.1 Å². The summed E-state index contributed by atoms with van der Waals surface area (Å²) in [6.45, 7) is 12.5. The molecule has 0 aliphatic rings. The first-order chi connectivity index (χ1) is 17.0. The van der Waals surface area contributed by atoms with Crippen LogP contribution in [0.3, 0.4) is 0 Å². The van der Waals surface area contributed by atoms with E-state index in [4.69, 9.17) is 9.47 Å². The number of nitrogens with zero attached hydrogens (tertiary/aromatic N) is 2. The summed E-state index contributed by atoms with van der Waals surface area (Å²) in [4.78, 5) is 8.96. The molecule has 2 aromatic rings. The second-order valence-electron chi connectivity index (χ2n) is 10.3. The average Bonchev–Trinajstić information content (AvgIpc) is 2.88. The Balaban J connectivity index is 1.59.